The van der Waals surface area contributed by atoms with Crippen molar-refractivity contribution in [3.63, 3.8) is 0 Å². The first kappa shape index (κ1) is 8.69. The molecule has 0 atom stereocenters. The summed E-state index contributed by atoms with van der Waals surface area (Å²) < 4.78 is 2.85. The maximum Gasteiger partial charge on any atom is 0.158 e. The SMILES string of the molecule is CCc1cn2cc(Br)nc(C)c2n1. The van der Waals surface area contributed by atoms with Gasteiger partial charge in [0, 0.05) is 12.4 Å². The second kappa shape index (κ2) is 3.10. The average Bonchev–Trinajstić information content (AvgIpc) is 2.47. The van der Waals surface area contributed by atoms with Gasteiger partial charge in [0.05, 0.1) is 11.4 Å². The molecule has 0 saturated heterocycles. The van der Waals surface area contributed by atoms with Crippen LogP contribution in [0.3, 0.4) is 0 Å². The predicted octanol–water partition coefficient (Wildman–Crippen LogP) is 2.36. The summed E-state index contributed by atoms with van der Waals surface area (Å²) in [6.45, 7) is 4.06. The number of hydrogen-bond acceptors (Lipinski definition) is 2. The fraction of sp³-hybridized carbons (Fsp3) is 0.333. The first-order valence-corrected chi connectivity index (χ1v) is 5.00. The molecular formula is C9H10BrN3. The minimum Gasteiger partial charge on any atom is -0.303 e. The molecule has 0 bridgehead atoms. The van der Waals surface area contributed by atoms with Crippen molar-refractivity contribution in [1.29, 1.82) is 0 Å². The Morgan fingerprint density at radius 3 is 2.85 bits per heavy atom. The molecule has 4 heteroatoms. The highest BCUT2D eigenvalue weighted by Gasteiger charge is 2.04. The highest BCUT2D eigenvalue weighted by atomic mass is 79.9. The maximum absolute atomic E-state index is 4.45. The number of rotatable bonds is 1. The monoisotopic (exact) mass is 239 g/mol. The first-order chi connectivity index (χ1) is 6.20. The van der Waals surface area contributed by atoms with Crippen molar-refractivity contribution < 1.29 is 0 Å². The summed E-state index contributed by atoms with van der Waals surface area (Å²) in [4.78, 5) is 8.73. The van der Waals surface area contributed by atoms with Crippen molar-refractivity contribution in [3.05, 3.63) is 28.4 Å². The molecule has 0 fully saturated rings. The summed E-state index contributed by atoms with van der Waals surface area (Å²) in [5.74, 6) is 0. The summed E-state index contributed by atoms with van der Waals surface area (Å²) in [6.07, 6.45) is 4.92. The molecule has 3 nitrogen and oxygen atoms in total. The van der Waals surface area contributed by atoms with Crippen molar-refractivity contribution in [2.24, 2.45) is 0 Å². The summed E-state index contributed by atoms with van der Waals surface area (Å²) in [6, 6.07) is 0. The van der Waals surface area contributed by atoms with Gasteiger partial charge in [-0.2, -0.15) is 0 Å². The van der Waals surface area contributed by atoms with Crippen LogP contribution in [0.4, 0.5) is 0 Å². The van der Waals surface area contributed by atoms with E-state index in [1.807, 2.05) is 23.7 Å². The molecule has 0 saturated carbocycles. The zero-order valence-electron chi connectivity index (χ0n) is 7.58. The predicted molar refractivity (Wildman–Crippen MR) is 54.8 cm³/mol. The quantitative estimate of drug-likeness (QED) is 0.765. The lowest BCUT2D eigenvalue weighted by atomic mass is 10.4. The van der Waals surface area contributed by atoms with E-state index in [0.717, 1.165) is 28.1 Å². The van der Waals surface area contributed by atoms with Crippen LogP contribution >= 0.6 is 15.9 Å². The zero-order chi connectivity index (χ0) is 9.42. The molecule has 0 aliphatic heterocycles. The molecular weight excluding hydrogens is 230 g/mol. The number of fused-ring (bicyclic) bond motifs is 1. The van der Waals surface area contributed by atoms with Gasteiger partial charge in [-0.25, -0.2) is 9.97 Å². The van der Waals surface area contributed by atoms with Crippen molar-refractivity contribution in [3.8, 4) is 0 Å². The smallest absolute Gasteiger partial charge is 0.158 e. The van der Waals surface area contributed by atoms with E-state index in [0.29, 0.717) is 0 Å². The van der Waals surface area contributed by atoms with E-state index in [9.17, 15) is 0 Å². The highest BCUT2D eigenvalue weighted by molar-refractivity contribution is 9.10. The Labute approximate surface area is 85.0 Å². The summed E-state index contributed by atoms with van der Waals surface area (Å²) >= 11 is 3.35. The Morgan fingerprint density at radius 2 is 2.15 bits per heavy atom. The van der Waals surface area contributed by atoms with E-state index in [2.05, 4.69) is 32.8 Å². The van der Waals surface area contributed by atoms with Crippen molar-refractivity contribution in [1.82, 2.24) is 14.4 Å². The van der Waals surface area contributed by atoms with Crippen LogP contribution in [0, 0.1) is 6.92 Å². The molecule has 0 aliphatic rings. The number of halogens is 1. The van der Waals surface area contributed by atoms with Crippen LogP contribution in [-0.2, 0) is 6.42 Å². The van der Waals surface area contributed by atoms with E-state index >= 15 is 0 Å². The third-order valence-electron chi connectivity index (χ3n) is 1.99. The molecule has 2 rings (SSSR count). The van der Waals surface area contributed by atoms with Gasteiger partial charge in [-0.1, -0.05) is 6.92 Å². The second-order valence-corrected chi connectivity index (χ2v) is 3.78. The minimum absolute atomic E-state index is 0.845. The Hall–Kier alpha value is -0.900. The molecule has 0 aromatic carbocycles. The minimum atomic E-state index is 0.845. The van der Waals surface area contributed by atoms with E-state index in [1.54, 1.807) is 0 Å². The van der Waals surface area contributed by atoms with Crippen LogP contribution in [0.15, 0.2) is 17.0 Å². The Kier molecular flexibility index (Phi) is 2.07. The van der Waals surface area contributed by atoms with E-state index in [4.69, 9.17) is 0 Å². The molecule has 2 aromatic rings. The fourth-order valence-corrected chi connectivity index (χ4v) is 1.82. The van der Waals surface area contributed by atoms with Crippen LogP contribution in [0.2, 0.25) is 0 Å². The van der Waals surface area contributed by atoms with Gasteiger partial charge in [0.2, 0.25) is 0 Å². The molecule has 0 spiro atoms. The number of nitrogens with zero attached hydrogens (tertiary/aromatic N) is 3. The van der Waals surface area contributed by atoms with Gasteiger partial charge in [-0.3, -0.25) is 0 Å². The Bertz CT molecular complexity index is 447. The van der Waals surface area contributed by atoms with Gasteiger partial charge >= 0.3 is 0 Å². The zero-order valence-corrected chi connectivity index (χ0v) is 9.17. The molecule has 2 aromatic heterocycles. The van der Waals surface area contributed by atoms with Gasteiger partial charge in [-0.15, -0.1) is 0 Å². The van der Waals surface area contributed by atoms with Crippen LogP contribution < -0.4 is 0 Å². The summed E-state index contributed by atoms with van der Waals surface area (Å²) in [7, 11) is 0. The molecule has 2 heterocycles. The third-order valence-corrected chi connectivity index (χ3v) is 2.37. The molecule has 0 N–H and O–H groups in total. The fourth-order valence-electron chi connectivity index (χ4n) is 1.33. The lowest BCUT2D eigenvalue weighted by Crippen LogP contribution is -1.91. The van der Waals surface area contributed by atoms with Crippen LogP contribution in [0.5, 0.6) is 0 Å². The van der Waals surface area contributed by atoms with E-state index < -0.39 is 0 Å². The number of aryl methyl sites for hydroxylation is 2. The van der Waals surface area contributed by atoms with Crippen molar-refractivity contribution in [2.45, 2.75) is 20.3 Å². The molecule has 0 aliphatic carbocycles. The van der Waals surface area contributed by atoms with Crippen LogP contribution in [0.25, 0.3) is 5.65 Å². The highest BCUT2D eigenvalue weighted by Crippen LogP contribution is 2.13. The molecule has 0 radical (unpaired) electrons. The lowest BCUT2D eigenvalue weighted by molar-refractivity contribution is 1.05. The van der Waals surface area contributed by atoms with Gasteiger partial charge in [0.25, 0.3) is 0 Å². The number of aromatic nitrogens is 3. The summed E-state index contributed by atoms with van der Waals surface area (Å²) in [5.41, 5.74) is 3.00. The van der Waals surface area contributed by atoms with Gasteiger partial charge in [0.1, 0.15) is 4.60 Å². The van der Waals surface area contributed by atoms with Gasteiger partial charge in [-0.05, 0) is 29.3 Å². The largest absolute Gasteiger partial charge is 0.303 e. The number of imidazole rings is 1. The average molecular weight is 240 g/mol. The normalized spacial score (nSPS) is 11.0. The van der Waals surface area contributed by atoms with E-state index in [1.165, 1.54) is 0 Å². The molecule has 13 heavy (non-hydrogen) atoms. The lowest BCUT2D eigenvalue weighted by Gasteiger charge is -1.96. The van der Waals surface area contributed by atoms with Crippen molar-refractivity contribution in [2.75, 3.05) is 0 Å². The van der Waals surface area contributed by atoms with Crippen LogP contribution in [-0.4, -0.2) is 14.4 Å². The molecule has 68 valence electrons. The van der Waals surface area contributed by atoms with Crippen LogP contribution in [0.1, 0.15) is 18.3 Å². The Morgan fingerprint density at radius 1 is 1.38 bits per heavy atom. The maximum atomic E-state index is 4.45. The van der Waals surface area contributed by atoms with E-state index in [-0.39, 0.29) is 0 Å². The van der Waals surface area contributed by atoms with Gasteiger partial charge in [0.15, 0.2) is 5.65 Å². The third kappa shape index (κ3) is 1.46. The Balaban J connectivity index is 2.75. The summed E-state index contributed by atoms with van der Waals surface area (Å²) in [5, 5.41) is 0. The second-order valence-electron chi connectivity index (χ2n) is 2.97. The van der Waals surface area contributed by atoms with Crippen molar-refractivity contribution >= 4 is 21.6 Å². The standard InChI is InChI=1S/C9H10BrN3/c1-3-7-4-13-5-8(10)11-6(2)9(13)12-7/h4-5H,3H2,1-2H3. The number of hydrogen-bond donors (Lipinski definition) is 0. The van der Waals surface area contributed by atoms with Gasteiger partial charge < -0.3 is 4.40 Å². The molecule has 0 amide bonds. The topological polar surface area (TPSA) is 30.2 Å². The molecule has 0 unspecified atom stereocenters. The first-order valence-electron chi connectivity index (χ1n) is 4.21.